The Kier molecular flexibility index (Phi) is 3.22. The Morgan fingerprint density at radius 3 is 2.70 bits per heavy atom. The van der Waals surface area contributed by atoms with E-state index in [1.165, 1.54) is 0 Å². The molecule has 3 aromatic heterocycles. The van der Waals surface area contributed by atoms with E-state index in [1.807, 2.05) is 6.07 Å². The first-order valence-electron chi connectivity index (χ1n) is 5.81. The topological polar surface area (TPSA) is 76.0 Å². The molecule has 0 aliphatic rings. The van der Waals surface area contributed by atoms with Crippen molar-refractivity contribution >= 4 is 17.3 Å². The lowest BCUT2D eigenvalue weighted by Gasteiger charge is -1.96. The average Bonchev–Trinajstić information content (AvgIpc) is 2.94. The zero-order valence-electron chi connectivity index (χ0n) is 10.2. The number of nitrogens with zero attached hydrogens (tertiary/aromatic N) is 3. The summed E-state index contributed by atoms with van der Waals surface area (Å²) in [5, 5.41) is 9.90. The average molecular weight is 283 g/mol. The van der Waals surface area contributed by atoms with Crippen molar-refractivity contribution in [2.24, 2.45) is 0 Å². The molecule has 0 saturated carbocycles. The monoisotopic (exact) mass is 283 g/mol. The van der Waals surface area contributed by atoms with E-state index in [-0.39, 0.29) is 4.88 Å². The smallest absolute Gasteiger partial charge is 0.348 e. The van der Waals surface area contributed by atoms with Gasteiger partial charge in [0, 0.05) is 24.2 Å². The quantitative estimate of drug-likeness (QED) is 0.799. The number of aromatic nitrogens is 3. The zero-order valence-corrected chi connectivity index (χ0v) is 11.0. The highest BCUT2D eigenvalue weighted by Gasteiger charge is 2.19. The maximum Gasteiger partial charge on any atom is 0.348 e. The minimum absolute atomic E-state index is 0.193. The first-order valence-corrected chi connectivity index (χ1v) is 6.63. The summed E-state index contributed by atoms with van der Waals surface area (Å²) in [6, 6.07) is 8.99. The predicted molar refractivity (Wildman–Crippen MR) is 75.5 cm³/mol. The van der Waals surface area contributed by atoms with E-state index in [4.69, 9.17) is 0 Å². The molecule has 0 atom stereocenters. The van der Waals surface area contributed by atoms with E-state index in [0.29, 0.717) is 22.0 Å². The van der Waals surface area contributed by atoms with E-state index < -0.39 is 5.97 Å². The lowest BCUT2D eigenvalue weighted by molar-refractivity contribution is 0.0702. The van der Waals surface area contributed by atoms with E-state index >= 15 is 0 Å². The first kappa shape index (κ1) is 12.4. The SMILES string of the molecule is O=C(O)c1sc(-c2ccccn2)nc1-c1cccnc1. The summed E-state index contributed by atoms with van der Waals surface area (Å²) in [6.45, 7) is 0. The highest BCUT2D eigenvalue weighted by molar-refractivity contribution is 7.17. The van der Waals surface area contributed by atoms with Crippen molar-refractivity contribution in [3.63, 3.8) is 0 Å². The van der Waals surface area contributed by atoms with Crippen LogP contribution in [0.2, 0.25) is 0 Å². The number of rotatable bonds is 3. The van der Waals surface area contributed by atoms with Gasteiger partial charge in [0.2, 0.25) is 0 Å². The molecule has 0 spiro atoms. The maximum atomic E-state index is 11.4. The van der Waals surface area contributed by atoms with Crippen LogP contribution in [0.15, 0.2) is 48.9 Å². The van der Waals surface area contributed by atoms with Crippen LogP contribution >= 0.6 is 11.3 Å². The number of carboxylic acid groups (broad SMARTS) is 1. The van der Waals surface area contributed by atoms with Gasteiger partial charge in [0.25, 0.3) is 0 Å². The molecule has 0 saturated heterocycles. The highest BCUT2D eigenvalue weighted by Crippen LogP contribution is 2.32. The molecule has 0 fully saturated rings. The third-order valence-electron chi connectivity index (χ3n) is 2.64. The summed E-state index contributed by atoms with van der Waals surface area (Å²) in [5.41, 5.74) is 1.77. The summed E-state index contributed by atoms with van der Waals surface area (Å²) in [7, 11) is 0. The Labute approximate surface area is 118 Å². The van der Waals surface area contributed by atoms with E-state index in [1.54, 1.807) is 42.9 Å². The first-order chi connectivity index (χ1) is 9.75. The normalized spacial score (nSPS) is 10.4. The van der Waals surface area contributed by atoms with Crippen LogP contribution in [0.1, 0.15) is 9.67 Å². The van der Waals surface area contributed by atoms with E-state index in [2.05, 4.69) is 15.0 Å². The van der Waals surface area contributed by atoms with Gasteiger partial charge in [0.05, 0.1) is 11.4 Å². The second-order valence-electron chi connectivity index (χ2n) is 3.96. The minimum atomic E-state index is -0.997. The number of hydrogen-bond donors (Lipinski definition) is 1. The fraction of sp³-hybridized carbons (Fsp3) is 0. The van der Waals surface area contributed by atoms with E-state index in [9.17, 15) is 9.90 Å². The number of hydrogen-bond acceptors (Lipinski definition) is 5. The molecule has 0 unspecified atom stereocenters. The van der Waals surface area contributed by atoms with Crippen molar-refractivity contribution in [2.45, 2.75) is 0 Å². The molecule has 3 rings (SSSR count). The van der Waals surface area contributed by atoms with Crippen LogP contribution in [0.4, 0.5) is 0 Å². The number of aromatic carboxylic acids is 1. The fourth-order valence-corrected chi connectivity index (χ4v) is 2.67. The van der Waals surface area contributed by atoms with Crippen LogP contribution in [0, 0.1) is 0 Å². The van der Waals surface area contributed by atoms with Gasteiger partial charge < -0.3 is 5.11 Å². The van der Waals surface area contributed by atoms with Crippen LogP contribution in [-0.2, 0) is 0 Å². The second kappa shape index (κ2) is 5.18. The number of pyridine rings is 2. The van der Waals surface area contributed by atoms with Gasteiger partial charge in [-0.3, -0.25) is 9.97 Å². The molecular formula is C14H9N3O2S. The summed E-state index contributed by atoms with van der Waals surface area (Å²) in [5.74, 6) is -0.997. The molecule has 3 aromatic rings. The molecule has 0 aromatic carbocycles. The molecule has 98 valence electrons. The molecule has 20 heavy (non-hydrogen) atoms. The number of carboxylic acids is 1. The van der Waals surface area contributed by atoms with Gasteiger partial charge in [-0.25, -0.2) is 9.78 Å². The van der Waals surface area contributed by atoms with Crippen molar-refractivity contribution in [3.8, 4) is 22.0 Å². The van der Waals surface area contributed by atoms with Crippen LogP contribution in [-0.4, -0.2) is 26.0 Å². The van der Waals surface area contributed by atoms with Gasteiger partial charge in [-0.05, 0) is 24.3 Å². The Bertz CT molecular complexity index is 742. The van der Waals surface area contributed by atoms with Crippen molar-refractivity contribution < 1.29 is 9.90 Å². The predicted octanol–water partition coefficient (Wildman–Crippen LogP) is 2.97. The highest BCUT2D eigenvalue weighted by atomic mass is 32.1. The zero-order chi connectivity index (χ0) is 13.9. The molecule has 0 bridgehead atoms. The molecule has 0 aliphatic heterocycles. The largest absolute Gasteiger partial charge is 0.477 e. The van der Waals surface area contributed by atoms with E-state index in [0.717, 1.165) is 11.3 Å². The molecule has 0 radical (unpaired) electrons. The summed E-state index contributed by atoms with van der Waals surface area (Å²) >= 11 is 1.11. The Morgan fingerprint density at radius 2 is 2.05 bits per heavy atom. The van der Waals surface area contributed by atoms with Gasteiger partial charge in [0.15, 0.2) is 0 Å². The molecule has 5 nitrogen and oxygen atoms in total. The summed E-state index contributed by atoms with van der Waals surface area (Å²) in [4.78, 5) is 24.2. The van der Waals surface area contributed by atoms with Gasteiger partial charge in [0.1, 0.15) is 9.88 Å². The molecule has 0 aliphatic carbocycles. The number of thiazole rings is 1. The molecule has 6 heteroatoms. The molecular weight excluding hydrogens is 274 g/mol. The standard InChI is InChI=1S/C14H9N3O2S/c18-14(19)12-11(9-4-3-6-15-8-9)17-13(20-12)10-5-1-2-7-16-10/h1-8H,(H,18,19). The van der Waals surface area contributed by atoms with Gasteiger partial charge in [-0.1, -0.05) is 6.07 Å². The van der Waals surface area contributed by atoms with Crippen molar-refractivity contribution in [1.29, 1.82) is 0 Å². The third kappa shape index (κ3) is 2.28. The molecule has 1 N–H and O–H groups in total. The van der Waals surface area contributed by atoms with Crippen LogP contribution < -0.4 is 0 Å². The third-order valence-corrected chi connectivity index (χ3v) is 3.71. The van der Waals surface area contributed by atoms with Crippen molar-refractivity contribution in [3.05, 3.63) is 53.8 Å². The van der Waals surface area contributed by atoms with Crippen LogP contribution in [0.5, 0.6) is 0 Å². The lowest BCUT2D eigenvalue weighted by atomic mass is 10.2. The van der Waals surface area contributed by atoms with Gasteiger partial charge in [-0.2, -0.15) is 0 Å². The minimum Gasteiger partial charge on any atom is -0.477 e. The van der Waals surface area contributed by atoms with Crippen molar-refractivity contribution in [1.82, 2.24) is 15.0 Å². The van der Waals surface area contributed by atoms with Crippen LogP contribution in [0.3, 0.4) is 0 Å². The lowest BCUT2D eigenvalue weighted by Crippen LogP contribution is -1.95. The van der Waals surface area contributed by atoms with Gasteiger partial charge in [-0.15, -0.1) is 11.3 Å². The summed E-state index contributed by atoms with van der Waals surface area (Å²) in [6.07, 6.45) is 4.89. The molecule has 0 amide bonds. The van der Waals surface area contributed by atoms with Crippen LogP contribution in [0.25, 0.3) is 22.0 Å². The maximum absolute atomic E-state index is 11.4. The number of carbonyl (C=O) groups is 1. The van der Waals surface area contributed by atoms with Crippen molar-refractivity contribution in [2.75, 3.05) is 0 Å². The Hall–Kier alpha value is -2.60. The van der Waals surface area contributed by atoms with Gasteiger partial charge >= 0.3 is 5.97 Å². The Morgan fingerprint density at radius 1 is 1.15 bits per heavy atom. The Balaban J connectivity index is 2.15. The second-order valence-corrected chi connectivity index (χ2v) is 4.96. The molecule has 3 heterocycles. The summed E-state index contributed by atoms with van der Waals surface area (Å²) < 4.78 is 0. The fourth-order valence-electron chi connectivity index (χ4n) is 1.76.